The van der Waals surface area contributed by atoms with Crippen LogP contribution in [0, 0.1) is 0 Å². The molecule has 1 aromatic carbocycles. The second-order valence-electron chi connectivity index (χ2n) is 7.50. The number of nitrogens with one attached hydrogen (secondary N) is 1. The molecule has 0 spiro atoms. The van der Waals surface area contributed by atoms with Crippen molar-refractivity contribution >= 4 is 23.2 Å². The summed E-state index contributed by atoms with van der Waals surface area (Å²) < 4.78 is 0. The number of benzene rings is 1. The Kier molecular flexibility index (Phi) is 7.66. The Balaban J connectivity index is 1.85. The maximum atomic E-state index is 13.3. The van der Waals surface area contributed by atoms with E-state index in [1.807, 2.05) is 47.8 Å². The summed E-state index contributed by atoms with van der Waals surface area (Å²) in [5, 5.41) is 5.20. The Bertz CT molecular complexity index is 739. The molecule has 3 rings (SSSR count). The minimum Gasteiger partial charge on any atom is -0.351 e. The van der Waals surface area contributed by atoms with Gasteiger partial charge in [-0.3, -0.25) is 9.59 Å². The van der Waals surface area contributed by atoms with Gasteiger partial charge in [0.25, 0.3) is 0 Å². The highest BCUT2D eigenvalue weighted by atomic mass is 32.1. The van der Waals surface area contributed by atoms with Crippen LogP contribution in [0.4, 0.5) is 0 Å². The molecule has 2 amide bonds. The van der Waals surface area contributed by atoms with Gasteiger partial charge in [0, 0.05) is 17.5 Å². The van der Waals surface area contributed by atoms with E-state index in [0.29, 0.717) is 13.0 Å². The fraction of sp³-hybridized carbons (Fsp3) is 0.478. The van der Waals surface area contributed by atoms with Gasteiger partial charge in [-0.1, -0.05) is 62.6 Å². The van der Waals surface area contributed by atoms with Crippen LogP contribution in [0.1, 0.15) is 61.9 Å². The Morgan fingerprint density at radius 2 is 1.89 bits per heavy atom. The number of hydrogen-bond donors (Lipinski definition) is 1. The summed E-state index contributed by atoms with van der Waals surface area (Å²) in [5.41, 5.74) is 0.883. The van der Waals surface area contributed by atoms with Crippen molar-refractivity contribution < 1.29 is 9.59 Å². The fourth-order valence-corrected chi connectivity index (χ4v) is 4.54. The maximum absolute atomic E-state index is 13.3. The summed E-state index contributed by atoms with van der Waals surface area (Å²) in [6.07, 6.45) is 6.61. The number of carbonyl (C=O) groups excluding carboxylic acids is 2. The Morgan fingerprint density at radius 3 is 2.54 bits per heavy atom. The number of hydrogen-bond acceptors (Lipinski definition) is 3. The number of amides is 2. The molecule has 1 N–H and O–H groups in total. The van der Waals surface area contributed by atoms with Crippen LogP contribution in [-0.2, 0) is 16.0 Å². The van der Waals surface area contributed by atoms with Crippen molar-refractivity contribution in [1.82, 2.24) is 10.2 Å². The van der Waals surface area contributed by atoms with Crippen molar-refractivity contribution in [3.63, 3.8) is 0 Å². The molecule has 1 aromatic heterocycles. The summed E-state index contributed by atoms with van der Waals surface area (Å²) in [6.45, 7) is 2.70. The van der Waals surface area contributed by atoms with Gasteiger partial charge in [-0.05, 0) is 36.3 Å². The molecule has 0 saturated heterocycles. The molecule has 1 aliphatic rings. The Morgan fingerprint density at radius 1 is 1.14 bits per heavy atom. The SMILES string of the molecule is CCCCN(C(=O)Cc1cccs1)[C@@H](C(=O)NC1CCCC1)c1ccccc1. The number of nitrogens with zero attached hydrogens (tertiary/aromatic N) is 1. The van der Waals surface area contributed by atoms with Crippen LogP contribution in [0.3, 0.4) is 0 Å². The van der Waals surface area contributed by atoms with Crippen molar-refractivity contribution in [2.24, 2.45) is 0 Å². The molecule has 0 radical (unpaired) electrons. The van der Waals surface area contributed by atoms with E-state index >= 15 is 0 Å². The summed E-state index contributed by atoms with van der Waals surface area (Å²) >= 11 is 1.59. The zero-order chi connectivity index (χ0) is 19.8. The summed E-state index contributed by atoms with van der Waals surface area (Å²) in [6, 6.07) is 13.3. The van der Waals surface area contributed by atoms with Crippen molar-refractivity contribution in [1.29, 1.82) is 0 Å². The molecule has 2 aromatic rings. The predicted molar refractivity (Wildman–Crippen MR) is 114 cm³/mol. The lowest BCUT2D eigenvalue weighted by Crippen LogP contribution is -2.46. The van der Waals surface area contributed by atoms with Crippen LogP contribution in [0.5, 0.6) is 0 Å². The molecule has 28 heavy (non-hydrogen) atoms. The summed E-state index contributed by atoms with van der Waals surface area (Å²) in [4.78, 5) is 29.4. The molecule has 1 fully saturated rings. The van der Waals surface area contributed by atoms with E-state index in [1.54, 1.807) is 16.2 Å². The second kappa shape index (κ2) is 10.4. The van der Waals surface area contributed by atoms with E-state index < -0.39 is 6.04 Å². The third-order valence-electron chi connectivity index (χ3n) is 5.36. The van der Waals surface area contributed by atoms with Crippen LogP contribution < -0.4 is 5.32 Å². The van der Waals surface area contributed by atoms with Gasteiger partial charge in [0.2, 0.25) is 11.8 Å². The largest absolute Gasteiger partial charge is 0.351 e. The van der Waals surface area contributed by atoms with Gasteiger partial charge in [0.1, 0.15) is 6.04 Å². The zero-order valence-corrected chi connectivity index (χ0v) is 17.4. The average molecular weight is 399 g/mol. The molecule has 150 valence electrons. The van der Waals surface area contributed by atoms with Gasteiger partial charge in [0.05, 0.1) is 6.42 Å². The minimum absolute atomic E-state index is 0.0197. The van der Waals surface area contributed by atoms with E-state index in [0.717, 1.165) is 49.0 Å². The number of carbonyl (C=O) groups is 2. The lowest BCUT2D eigenvalue weighted by atomic mass is 10.0. The lowest BCUT2D eigenvalue weighted by Gasteiger charge is -2.32. The van der Waals surface area contributed by atoms with Crippen LogP contribution >= 0.6 is 11.3 Å². The first kappa shape index (κ1) is 20.6. The first-order valence-corrected chi connectivity index (χ1v) is 11.2. The molecule has 0 bridgehead atoms. The highest BCUT2D eigenvalue weighted by Crippen LogP contribution is 2.26. The second-order valence-corrected chi connectivity index (χ2v) is 8.53. The van der Waals surface area contributed by atoms with Crippen LogP contribution in [0.2, 0.25) is 0 Å². The monoisotopic (exact) mass is 398 g/mol. The van der Waals surface area contributed by atoms with Crippen LogP contribution in [-0.4, -0.2) is 29.3 Å². The standard InChI is InChI=1S/C23H30N2O2S/c1-2-3-15-25(21(26)17-20-14-9-16-28-20)22(18-10-5-4-6-11-18)23(27)24-19-12-7-8-13-19/h4-6,9-11,14,16,19,22H,2-3,7-8,12-13,15,17H2,1H3,(H,24,27)/t22-/m1/s1. The van der Waals surface area contributed by atoms with E-state index in [9.17, 15) is 9.59 Å². The van der Waals surface area contributed by atoms with Gasteiger partial charge >= 0.3 is 0 Å². The van der Waals surface area contributed by atoms with Crippen molar-refractivity contribution in [2.75, 3.05) is 6.54 Å². The third-order valence-corrected chi connectivity index (χ3v) is 6.23. The first-order chi connectivity index (χ1) is 13.7. The van der Waals surface area contributed by atoms with Gasteiger partial charge in [0.15, 0.2) is 0 Å². The molecule has 1 heterocycles. The molecule has 4 nitrogen and oxygen atoms in total. The molecule has 1 atom stereocenters. The number of thiophene rings is 1. The smallest absolute Gasteiger partial charge is 0.247 e. The number of rotatable bonds is 9. The van der Waals surface area contributed by atoms with Crippen molar-refractivity contribution in [3.05, 3.63) is 58.3 Å². The van der Waals surface area contributed by atoms with E-state index in [2.05, 4.69) is 12.2 Å². The van der Waals surface area contributed by atoms with E-state index in [4.69, 9.17) is 0 Å². The van der Waals surface area contributed by atoms with Crippen molar-refractivity contribution in [2.45, 2.75) is 64.0 Å². The van der Waals surface area contributed by atoms with Gasteiger partial charge in [-0.2, -0.15) is 0 Å². The predicted octanol–water partition coefficient (Wildman–Crippen LogP) is 4.72. The van der Waals surface area contributed by atoms with Crippen LogP contribution in [0.25, 0.3) is 0 Å². The normalized spacial score (nSPS) is 15.3. The number of unbranched alkanes of at least 4 members (excludes halogenated alkanes) is 1. The van der Waals surface area contributed by atoms with Gasteiger partial charge in [-0.15, -0.1) is 11.3 Å². The molecule has 1 saturated carbocycles. The zero-order valence-electron chi connectivity index (χ0n) is 16.6. The van der Waals surface area contributed by atoms with E-state index in [1.165, 1.54) is 0 Å². The first-order valence-electron chi connectivity index (χ1n) is 10.4. The molecular weight excluding hydrogens is 368 g/mol. The van der Waals surface area contributed by atoms with Crippen molar-refractivity contribution in [3.8, 4) is 0 Å². The average Bonchev–Trinajstić information content (AvgIpc) is 3.40. The fourth-order valence-electron chi connectivity index (χ4n) is 3.85. The molecule has 1 aliphatic carbocycles. The van der Waals surface area contributed by atoms with Crippen LogP contribution in [0.15, 0.2) is 47.8 Å². The topological polar surface area (TPSA) is 49.4 Å². The Hall–Kier alpha value is -2.14. The Labute approximate surface area is 172 Å². The highest BCUT2D eigenvalue weighted by Gasteiger charge is 2.32. The molecular formula is C23H30N2O2S. The summed E-state index contributed by atoms with van der Waals surface area (Å²) in [5.74, 6) is -0.0277. The third kappa shape index (κ3) is 5.44. The van der Waals surface area contributed by atoms with Gasteiger partial charge < -0.3 is 10.2 Å². The molecule has 0 unspecified atom stereocenters. The maximum Gasteiger partial charge on any atom is 0.247 e. The minimum atomic E-state index is -0.569. The van der Waals surface area contributed by atoms with Gasteiger partial charge in [-0.25, -0.2) is 0 Å². The lowest BCUT2D eigenvalue weighted by molar-refractivity contribution is -0.140. The molecule has 5 heteroatoms. The quantitative estimate of drug-likeness (QED) is 0.664. The van der Waals surface area contributed by atoms with E-state index in [-0.39, 0.29) is 17.9 Å². The highest BCUT2D eigenvalue weighted by molar-refractivity contribution is 7.10. The molecule has 0 aliphatic heterocycles. The summed E-state index contributed by atoms with van der Waals surface area (Å²) in [7, 11) is 0.